The van der Waals surface area contributed by atoms with Gasteiger partial charge in [0.1, 0.15) is 5.69 Å². The molecule has 7 heteroatoms. The molecule has 0 unspecified atom stereocenters. The van der Waals surface area contributed by atoms with E-state index >= 15 is 0 Å². The number of fused-ring (bicyclic) bond motifs is 2. The van der Waals surface area contributed by atoms with Gasteiger partial charge in [0.25, 0.3) is 0 Å². The normalized spacial score (nSPS) is 20.3. The largest absolute Gasteiger partial charge is 0.359 e. The summed E-state index contributed by atoms with van der Waals surface area (Å²) in [7, 11) is 0. The lowest BCUT2D eigenvalue weighted by Crippen LogP contribution is -2.61. The molecule has 0 saturated carbocycles. The zero-order valence-electron chi connectivity index (χ0n) is 19.5. The van der Waals surface area contributed by atoms with Crippen molar-refractivity contribution in [1.82, 2.24) is 25.0 Å². The van der Waals surface area contributed by atoms with E-state index in [1.54, 1.807) is 11.3 Å². The Hall–Kier alpha value is -2.19. The first-order chi connectivity index (χ1) is 16.0. The minimum Gasteiger partial charge on any atom is -0.359 e. The first-order valence-electron chi connectivity index (χ1n) is 12.3. The van der Waals surface area contributed by atoms with Crippen LogP contribution in [0.1, 0.15) is 45.1 Å². The number of aromatic nitrogens is 3. The van der Waals surface area contributed by atoms with E-state index in [-0.39, 0.29) is 0 Å². The molecule has 3 N–H and O–H groups in total. The molecule has 1 aromatic carbocycles. The fraction of sp³-hybridized carbons (Fsp3) is 0.500. The maximum absolute atomic E-state index is 12.4. The number of nitrogens with zero attached hydrogens (tertiary/aromatic N) is 3. The number of thiophene rings is 1. The van der Waals surface area contributed by atoms with E-state index < -0.39 is 5.85 Å². The van der Waals surface area contributed by atoms with Crippen LogP contribution in [-0.2, 0) is 5.85 Å². The van der Waals surface area contributed by atoms with E-state index in [1.807, 2.05) is 0 Å². The first-order valence-corrected chi connectivity index (χ1v) is 13.2. The summed E-state index contributed by atoms with van der Waals surface area (Å²) in [5.74, 6) is 0.388. The Morgan fingerprint density at radius 1 is 0.939 bits per heavy atom. The number of hydrogen-bond donors (Lipinski definition) is 3. The van der Waals surface area contributed by atoms with Gasteiger partial charge in [0.2, 0.25) is 5.85 Å². The summed E-state index contributed by atoms with van der Waals surface area (Å²) in [5.41, 5.74) is 5.06. The molecule has 33 heavy (non-hydrogen) atoms. The first kappa shape index (κ1) is 21.4. The van der Waals surface area contributed by atoms with Gasteiger partial charge < -0.3 is 10.1 Å². The van der Waals surface area contributed by atoms with Crippen LogP contribution in [0.5, 0.6) is 0 Å². The average Bonchev–Trinajstić information content (AvgIpc) is 3.54. The van der Waals surface area contributed by atoms with Gasteiger partial charge in [-0.1, -0.05) is 26.0 Å². The number of piperidine rings is 2. The number of benzene rings is 1. The van der Waals surface area contributed by atoms with Crippen molar-refractivity contribution in [3.63, 3.8) is 0 Å². The Labute approximate surface area is 198 Å². The van der Waals surface area contributed by atoms with Crippen molar-refractivity contribution < 1.29 is 5.11 Å². The van der Waals surface area contributed by atoms with Crippen molar-refractivity contribution in [2.45, 2.75) is 45.4 Å². The van der Waals surface area contributed by atoms with Gasteiger partial charge in [0.05, 0.1) is 15.9 Å². The molecule has 3 aromatic heterocycles. The van der Waals surface area contributed by atoms with Gasteiger partial charge in [0.15, 0.2) is 0 Å². The molecule has 0 spiro atoms. The number of H-pyrrole nitrogens is 2. The Morgan fingerprint density at radius 3 is 2.27 bits per heavy atom. The van der Waals surface area contributed by atoms with Crippen molar-refractivity contribution in [3.8, 4) is 11.4 Å². The summed E-state index contributed by atoms with van der Waals surface area (Å²) in [4.78, 5) is 8.22. The highest BCUT2D eigenvalue weighted by molar-refractivity contribution is 7.17. The SMILES string of the molecule is CC1CCN(C(O)(c2ccc3cc(-c4n[nH]c5ccsc45)[nH]c3c2)N2CCC(C)CC2)CC1. The molecule has 0 amide bonds. The average molecular weight is 464 g/mol. The maximum atomic E-state index is 12.4. The summed E-state index contributed by atoms with van der Waals surface area (Å²) < 4.78 is 1.17. The Bertz CT molecular complexity index is 1230. The highest BCUT2D eigenvalue weighted by Gasteiger charge is 2.44. The lowest BCUT2D eigenvalue weighted by Gasteiger charge is -2.51. The van der Waals surface area contributed by atoms with Gasteiger partial charge >= 0.3 is 0 Å². The third-order valence-corrected chi connectivity index (χ3v) is 8.80. The zero-order valence-corrected chi connectivity index (χ0v) is 20.3. The second-order valence-electron chi connectivity index (χ2n) is 10.2. The minimum atomic E-state index is -1.06. The second kappa shape index (κ2) is 8.24. The fourth-order valence-electron chi connectivity index (χ4n) is 5.60. The quantitative estimate of drug-likeness (QED) is 0.382. The molecule has 2 aliphatic heterocycles. The molecule has 2 saturated heterocycles. The zero-order chi connectivity index (χ0) is 22.6. The molecule has 0 atom stereocenters. The monoisotopic (exact) mass is 463 g/mol. The van der Waals surface area contributed by atoms with Crippen LogP contribution in [0, 0.1) is 11.8 Å². The predicted molar refractivity (Wildman–Crippen MR) is 135 cm³/mol. The van der Waals surface area contributed by atoms with Gasteiger partial charge in [0, 0.05) is 42.6 Å². The van der Waals surface area contributed by atoms with E-state index in [0.29, 0.717) is 0 Å². The van der Waals surface area contributed by atoms with Crippen LogP contribution in [0.3, 0.4) is 0 Å². The highest BCUT2D eigenvalue weighted by Crippen LogP contribution is 2.38. The third-order valence-electron chi connectivity index (χ3n) is 7.88. The number of aromatic amines is 2. The van der Waals surface area contributed by atoms with E-state index in [9.17, 15) is 5.11 Å². The molecule has 0 bridgehead atoms. The van der Waals surface area contributed by atoms with Gasteiger partial charge in [-0.15, -0.1) is 11.3 Å². The van der Waals surface area contributed by atoms with Gasteiger partial charge in [-0.3, -0.25) is 14.9 Å². The van der Waals surface area contributed by atoms with Gasteiger partial charge in [-0.05, 0) is 61.1 Å². The van der Waals surface area contributed by atoms with E-state index in [0.717, 1.165) is 97.1 Å². The second-order valence-corrected chi connectivity index (χ2v) is 11.1. The lowest BCUT2D eigenvalue weighted by atomic mass is 9.93. The number of hydrogen-bond acceptors (Lipinski definition) is 5. The van der Waals surface area contributed by atoms with Crippen LogP contribution in [0.25, 0.3) is 32.5 Å². The van der Waals surface area contributed by atoms with Crippen molar-refractivity contribution >= 4 is 32.5 Å². The summed E-state index contributed by atoms with van der Waals surface area (Å²) in [6, 6.07) is 10.7. The van der Waals surface area contributed by atoms with Gasteiger partial charge in [-0.25, -0.2) is 0 Å². The molecular formula is C26H33N5OS. The molecule has 0 aliphatic carbocycles. The maximum Gasteiger partial charge on any atom is 0.204 e. The molecule has 4 aromatic rings. The smallest absolute Gasteiger partial charge is 0.204 e. The van der Waals surface area contributed by atoms with Crippen LogP contribution in [0.4, 0.5) is 0 Å². The Kier molecular flexibility index (Phi) is 5.33. The predicted octanol–water partition coefficient (Wildman–Crippen LogP) is 5.34. The van der Waals surface area contributed by atoms with Crippen LogP contribution < -0.4 is 0 Å². The van der Waals surface area contributed by atoms with Crippen LogP contribution in [0.2, 0.25) is 0 Å². The highest BCUT2D eigenvalue weighted by atomic mass is 32.1. The fourth-order valence-corrected chi connectivity index (χ4v) is 6.45. The summed E-state index contributed by atoms with van der Waals surface area (Å²) in [6.07, 6.45) is 4.55. The van der Waals surface area contributed by atoms with Crippen LogP contribution in [0.15, 0.2) is 35.7 Å². The Balaban J connectivity index is 1.40. The van der Waals surface area contributed by atoms with Crippen LogP contribution in [-0.4, -0.2) is 56.3 Å². The molecule has 174 valence electrons. The van der Waals surface area contributed by atoms with Gasteiger partial charge in [-0.2, -0.15) is 5.10 Å². The third kappa shape index (κ3) is 3.62. The van der Waals surface area contributed by atoms with Crippen molar-refractivity contribution in [2.75, 3.05) is 26.2 Å². The summed E-state index contributed by atoms with van der Waals surface area (Å²) >= 11 is 1.70. The Morgan fingerprint density at radius 2 is 1.61 bits per heavy atom. The van der Waals surface area contributed by atoms with E-state index in [4.69, 9.17) is 0 Å². The van der Waals surface area contributed by atoms with E-state index in [2.05, 4.69) is 74.5 Å². The lowest BCUT2D eigenvalue weighted by molar-refractivity contribution is -0.239. The van der Waals surface area contributed by atoms with Crippen molar-refractivity contribution in [1.29, 1.82) is 0 Å². The van der Waals surface area contributed by atoms with Crippen molar-refractivity contribution in [3.05, 3.63) is 41.3 Å². The summed E-state index contributed by atoms with van der Waals surface area (Å²) in [6.45, 7) is 8.38. The molecule has 6 nitrogen and oxygen atoms in total. The molecule has 0 radical (unpaired) electrons. The number of aliphatic hydroxyl groups is 1. The van der Waals surface area contributed by atoms with Crippen molar-refractivity contribution in [2.24, 2.45) is 11.8 Å². The number of nitrogens with one attached hydrogen (secondary N) is 2. The number of rotatable bonds is 4. The molecule has 2 fully saturated rings. The number of likely N-dealkylation sites (tertiary alicyclic amines) is 2. The van der Waals surface area contributed by atoms with E-state index in [1.165, 1.54) is 4.70 Å². The topological polar surface area (TPSA) is 71.2 Å². The molecule has 2 aliphatic rings. The standard InChI is InChI=1S/C26H33N5OS/c1-17-5-10-30(11-6-17)26(32,31-12-7-18(2)8-13-31)20-4-3-19-15-23(27-22(19)16-20)24-25-21(28-29-24)9-14-33-25/h3-4,9,14-18,27,32H,5-8,10-13H2,1-2H3,(H,28,29). The molecule has 5 heterocycles. The molecular weight excluding hydrogens is 430 g/mol. The molecule has 6 rings (SSSR count). The van der Waals surface area contributed by atoms with Crippen LogP contribution >= 0.6 is 11.3 Å². The summed E-state index contributed by atoms with van der Waals surface area (Å²) in [5, 5.41) is 23.3. The minimum absolute atomic E-state index is 0.725.